The van der Waals surface area contributed by atoms with Gasteiger partial charge in [-0.05, 0) is 32.9 Å². The van der Waals surface area contributed by atoms with Crippen LogP contribution >= 0.6 is 0 Å². The largest absolute Gasteiger partial charge is 0.469 e. The van der Waals surface area contributed by atoms with Crippen LogP contribution < -0.4 is 0 Å². The predicted octanol–water partition coefficient (Wildman–Crippen LogP) is 1.28. The molecular formula is C10H19NO2. The van der Waals surface area contributed by atoms with Gasteiger partial charge in [0.25, 0.3) is 0 Å². The van der Waals surface area contributed by atoms with Crippen LogP contribution in [0.25, 0.3) is 0 Å². The van der Waals surface area contributed by atoms with Crippen molar-refractivity contribution in [2.24, 2.45) is 5.92 Å². The Morgan fingerprint density at radius 1 is 1.62 bits per heavy atom. The third kappa shape index (κ3) is 2.21. The van der Waals surface area contributed by atoms with Crippen LogP contribution in [0.4, 0.5) is 0 Å². The van der Waals surface area contributed by atoms with Crippen LogP contribution in [-0.2, 0) is 9.53 Å². The third-order valence-corrected chi connectivity index (χ3v) is 2.90. The molecule has 3 nitrogen and oxygen atoms in total. The Balaban J connectivity index is 2.49. The molecule has 1 rings (SSSR count). The highest BCUT2D eigenvalue weighted by Gasteiger charge is 2.35. The molecule has 76 valence electrons. The lowest BCUT2D eigenvalue weighted by Crippen LogP contribution is -2.33. The van der Waals surface area contributed by atoms with Crippen molar-refractivity contribution in [1.82, 2.24) is 4.90 Å². The molecule has 1 heterocycles. The van der Waals surface area contributed by atoms with E-state index in [2.05, 4.69) is 18.7 Å². The molecule has 2 unspecified atom stereocenters. The second-order valence-corrected chi connectivity index (χ2v) is 3.69. The van der Waals surface area contributed by atoms with Crippen molar-refractivity contribution in [3.63, 3.8) is 0 Å². The first-order chi connectivity index (χ1) is 6.20. The molecule has 13 heavy (non-hydrogen) atoms. The Bertz CT molecular complexity index is 182. The Labute approximate surface area is 80.1 Å². The lowest BCUT2D eigenvalue weighted by molar-refractivity contribution is -0.146. The number of carbonyl (C=O) groups is 1. The van der Waals surface area contributed by atoms with E-state index in [1.54, 1.807) is 0 Å². The van der Waals surface area contributed by atoms with Crippen molar-refractivity contribution < 1.29 is 9.53 Å². The summed E-state index contributed by atoms with van der Waals surface area (Å²) in [6.07, 6.45) is 2.10. The second kappa shape index (κ2) is 4.61. The first kappa shape index (κ1) is 10.5. The van der Waals surface area contributed by atoms with E-state index in [1.165, 1.54) is 7.11 Å². The minimum atomic E-state index is -0.0499. The molecule has 1 saturated heterocycles. The van der Waals surface area contributed by atoms with E-state index in [0.29, 0.717) is 6.04 Å². The summed E-state index contributed by atoms with van der Waals surface area (Å²) in [4.78, 5) is 13.7. The number of methoxy groups -OCH3 is 1. The zero-order valence-electron chi connectivity index (χ0n) is 8.75. The van der Waals surface area contributed by atoms with E-state index in [0.717, 1.165) is 25.9 Å². The molecule has 0 amide bonds. The fourth-order valence-corrected chi connectivity index (χ4v) is 2.07. The van der Waals surface area contributed by atoms with Crippen LogP contribution in [0.5, 0.6) is 0 Å². The van der Waals surface area contributed by atoms with Gasteiger partial charge in [0, 0.05) is 6.04 Å². The molecule has 0 aromatic rings. The van der Waals surface area contributed by atoms with Crippen molar-refractivity contribution >= 4 is 5.97 Å². The minimum absolute atomic E-state index is 0.0499. The van der Waals surface area contributed by atoms with Crippen molar-refractivity contribution in [3.05, 3.63) is 0 Å². The maximum absolute atomic E-state index is 11.3. The van der Waals surface area contributed by atoms with E-state index in [9.17, 15) is 4.79 Å². The average Bonchev–Trinajstić information content (AvgIpc) is 2.48. The van der Waals surface area contributed by atoms with Crippen LogP contribution in [0.3, 0.4) is 0 Å². The zero-order valence-corrected chi connectivity index (χ0v) is 8.75. The first-order valence-corrected chi connectivity index (χ1v) is 5.02. The van der Waals surface area contributed by atoms with Gasteiger partial charge in [0.15, 0.2) is 0 Å². The van der Waals surface area contributed by atoms with Gasteiger partial charge in [0.1, 0.15) is 0 Å². The molecule has 0 bridgehead atoms. The standard InChI is InChI=1S/C10H19NO2/c1-4-6-11-7-5-9(8(11)2)10(12)13-3/h8-9H,4-7H2,1-3H3. The van der Waals surface area contributed by atoms with E-state index >= 15 is 0 Å². The summed E-state index contributed by atoms with van der Waals surface area (Å²) < 4.78 is 4.77. The summed E-state index contributed by atoms with van der Waals surface area (Å²) >= 11 is 0. The molecule has 0 saturated carbocycles. The smallest absolute Gasteiger partial charge is 0.310 e. The molecule has 1 aliphatic rings. The predicted molar refractivity (Wildman–Crippen MR) is 51.4 cm³/mol. The topological polar surface area (TPSA) is 29.5 Å². The van der Waals surface area contributed by atoms with Gasteiger partial charge in [-0.1, -0.05) is 6.92 Å². The quantitative estimate of drug-likeness (QED) is 0.620. The van der Waals surface area contributed by atoms with Crippen molar-refractivity contribution in [2.75, 3.05) is 20.2 Å². The molecule has 0 aliphatic carbocycles. The number of ether oxygens (including phenoxy) is 1. The fourth-order valence-electron chi connectivity index (χ4n) is 2.07. The number of hydrogen-bond acceptors (Lipinski definition) is 3. The maximum Gasteiger partial charge on any atom is 0.310 e. The summed E-state index contributed by atoms with van der Waals surface area (Å²) in [5.41, 5.74) is 0. The van der Waals surface area contributed by atoms with Gasteiger partial charge >= 0.3 is 5.97 Å². The summed E-state index contributed by atoms with van der Waals surface area (Å²) in [5, 5.41) is 0. The normalized spacial score (nSPS) is 29.2. The number of hydrogen-bond donors (Lipinski definition) is 0. The van der Waals surface area contributed by atoms with E-state index in [4.69, 9.17) is 4.74 Å². The van der Waals surface area contributed by atoms with E-state index < -0.39 is 0 Å². The van der Waals surface area contributed by atoms with Crippen LogP contribution in [-0.4, -0.2) is 37.1 Å². The number of rotatable bonds is 3. The highest BCUT2D eigenvalue weighted by Crippen LogP contribution is 2.24. The SMILES string of the molecule is CCCN1CCC(C(=O)OC)C1C. The lowest BCUT2D eigenvalue weighted by Gasteiger charge is -2.22. The molecule has 0 aromatic carbocycles. The van der Waals surface area contributed by atoms with Gasteiger partial charge in [-0.25, -0.2) is 0 Å². The van der Waals surface area contributed by atoms with E-state index in [1.807, 2.05) is 0 Å². The maximum atomic E-state index is 11.3. The molecule has 1 aliphatic heterocycles. The van der Waals surface area contributed by atoms with Gasteiger partial charge in [-0.15, -0.1) is 0 Å². The van der Waals surface area contributed by atoms with Gasteiger partial charge in [-0.2, -0.15) is 0 Å². The number of esters is 1. The van der Waals surface area contributed by atoms with Crippen LogP contribution in [0, 0.1) is 5.92 Å². The summed E-state index contributed by atoms with van der Waals surface area (Å²) in [6, 6.07) is 0.354. The first-order valence-electron chi connectivity index (χ1n) is 5.02. The lowest BCUT2D eigenvalue weighted by atomic mass is 10.0. The number of nitrogens with zero attached hydrogens (tertiary/aromatic N) is 1. The highest BCUT2D eigenvalue weighted by molar-refractivity contribution is 5.73. The molecule has 1 fully saturated rings. The van der Waals surface area contributed by atoms with E-state index in [-0.39, 0.29) is 11.9 Å². The number of likely N-dealkylation sites (tertiary alicyclic amines) is 1. The molecule has 0 spiro atoms. The highest BCUT2D eigenvalue weighted by atomic mass is 16.5. The molecule has 3 heteroatoms. The average molecular weight is 185 g/mol. The van der Waals surface area contributed by atoms with Crippen LogP contribution in [0.2, 0.25) is 0 Å². The molecule has 2 atom stereocenters. The van der Waals surface area contributed by atoms with Crippen LogP contribution in [0.1, 0.15) is 26.7 Å². The van der Waals surface area contributed by atoms with Crippen molar-refractivity contribution in [3.8, 4) is 0 Å². The zero-order chi connectivity index (χ0) is 9.84. The van der Waals surface area contributed by atoms with Gasteiger partial charge < -0.3 is 4.74 Å². The molecule has 0 N–H and O–H groups in total. The minimum Gasteiger partial charge on any atom is -0.469 e. The Morgan fingerprint density at radius 3 is 2.85 bits per heavy atom. The van der Waals surface area contributed by atoms with Gasteiger partial charge in [0.2, 0.25) is 0 Å². The molecular weight excluding hydrogens is 166 g/mol. The second-order valence-electron chi connectivity index (χ2n) is 3.69. The Hall–Kier alpha value is -0.570. The Kier molecular flexibility index (Phi) is 3.72. The monoisotopic (exact) mass is 185 g/mol. The molecule has 0 aromatic heterocycles. The summed E-state index contributed by atoms with van der Waals surface area (Å²) in [7, 11) is 1.47. The fraction of sp³-hybridized carbons (Fsp3) is 0.900. The summed E-state index contributed by atoms with van der Waals surface area (Å²) in [6.45, 7) is 6.41. The number of carbonyl (C=O) groups excluding carboxylic acids is 1. The molecule has 0 radical (unpaired) electrons. The van der Waals surface area contributed by atoms with Gasteiger partial charge in [0.05, 0.1) is 13.0 Å². The summed E-state index contributed by atoms with van der Waals surface area (Å²) in [5.74, 6) is 0.0441. The van der Waals surface area contributed by atoms with Crippen molar-refractivity contribution in [1.29, 1.82) is 0 Å². The third-order valence-electron chi connectivity index (χ3n) is 2.90. The van der Waals surface area contributed by atoms with Crippen molar-refractivity contribution in [2.45, 2.75) is 32.7 Å². The van der Waals surface area contributed by atoms with Crippen LogP contribution in [0.15, 0.2) is 0 Å². The van der Waals surface area contributed by atoms with Gasteiger partial charge in [-0.3, -0.25) is 9.69 Å². The Morgan fingerprint density at radius 2 is 2.31 bits per heavy atom.